The summed E-state index contributed by atoms with van der Waals surface area (Å²) in [5, 5.41) is 0. The molecule has 2 saturated heterocycles. The second-order valence-corrected chi connectivity index (χ2v) is 7.18. The quantitative estimate of drug-likeness (QED) is 0.797. The minimum Gasteiger partial charge on any atom is -0.468 e. The third-order valence-corrected chi connectivity index (χ3v) is 5.29. The number of carbonyl (C=O) groups excluding carboxylic acids is 2. The Labute approximate surface area is 158 Å². The third kappa shape index (κ3) is 4.19. The van der Waals surface area contributed by atoms with Crippen LogP contribution in [0.3, 0.4) is 0 Å². The van der Waals surface area contributed by atoms with E-state index >= 15 is 0 Å². The maximum atomic E-state index is 12.9. The van der Waals surface area contributed by atoms with Gasteiger partial charge in [-0.15, -0.1) is 0 Å². The highest BCUT2D eigenvalue weighted by molar-refractivity contribution is 5.89. The van der Waals surface area contributed by atoms with Gasteiger partial charge in [0.05, 0.1) is 31.0 Å². The molecule has 2 aliphatic heterocycles. The number of aromatic nitrogens is 1. The summed E-state index contributed by atoms with van der Waals surface area (Å²) in [6.45, 7) is 4.78. The first-order chi connectivity index (χ1) is 13.2. The number of hydrogen-bond acceptors (Lipinski definition) is 5. The van der Waals surface area contributed by atoms with Crippen molar-refractivity contribution in [3.8, 4) is 0 Å². The Balaban J connectivity index is 1.28. The molecule has 0 bridgehead atoms. The van der Waals surface area contributed by atoms with Gasteiger partial charge in [-0.2, -0.15) is 0 Å². The molecule has 0 N–H and O–H groups in total. The molecular weight excluding hydrogens is 344 g/mol. The number of rotatable bonds is 5. The molecule has 7 nitrogen and oxygen atoms in total. The number of pyridine rings is 1. The van der Waals surface area contributed by atoms with Crippen molar-refractivity contribution in [2.24, 2.45) is 5.92 Å². The lowest BCUT2D eigenvalue weighted by Crippen LogP contribution is -2.50. The molecule has 0 aromatic carbocycles. The first-order valence-electron chi connectivity index (χ1n) is 9.40. The number of likely N-dealkylation sites (tertiary alicyclic amines) is 1. The number of amides is 2. The van der Waals surface area contributed by atoms with Gasteiger partial charge in [0.25, 0.3) is 0 Å². The van der Waals surface area contributed by atoms with Gasteiger partial charge in [0, 0.05) is 45.3 Å². The molecular formula is C20H24N4O3. The highest BCUT2D eigenvalue weighted by atomic mass is 16.3. The monoisotopic (exact) mass is 368 g/mol. The van der Waals surface area contributed by atoms with Crippen LogP contribution >= 0.6 is 0 Å². The van der Waals surface area contributed by atoms with Crippen LogP contribution in [-0.4, -0.2) is 64.2 Å². The Morgan fingerprint density at radius 2 is 1.96 bits per heavy atom. The summed E-state index contributed by atoms with van der Waals surface area (Å²) >= 11 is 0. The standard InChI is InChI=1S/C20H24N4O3/c25-19-12-16(13-24(19)14-17-4-1-2-6-21-17)20(26)23-9-7-22(8-10-23)15-18-5-3-11-27-18/h1-6,11,16H,7-10,12-15H2. The van der Waals surface area contributed by atoms with Crippen LogP contribution in [0.2, 0.25) is 0 Å². The van der Waals surface area contributed by atoms with Crippen molar-refractivity contribution in [1.82, 2.24) is 19.7 Å². The molecule has 1 unspecified atom stereocenters. The highest BCUT2D eigenvalue weighted by Gasteiger charge is 2.37. The van der Waals surface area contributed by atoms with Crippen molar-refractivity contribution in [2.75, 3.05) is 32.7 Å². The minimum absolute atomic E-state index is 0.0375. The molecule has 4 heterocycles. The predicted octanol–water partition coefficient (Wildman–Crippen LogP) is 1.37. The zero-order valence-electron chi connectivity index (χ0n) is 15.3. The van der Waals surface area contributed by atoms with E-state index in [1.54, 1.807) is 17.4 Å². The lowest BCUT2D eigenvalue weighted by atomic mass is 10.1. The maximum absolute atomic E-state index is 12.9. The van der Waals surface area contributed by atoms with Crippen LogP contribution < -0.4 is 0 Å². The van der Waals surface area contributed by atoms with E-state index in [9.17, 15) is 9.59 Å². The topological polar surface area (TPSA) is 69.9 Å². The number of hydrogen-bond donors (Lipinski definition) is 0. The highest BCUT2D eigenvalue weighted by Crippen LogP contribution is 2.22. The number of nitrogens with zero attached hydrogens (tertiary/aromatic N) is 4. The Morgan fingerprint density at radius 3 is 2.67 bits per heavy atom. The molecule has 2 aliphatic rings. The molecule has 4 rings (SSSR count). The van der Waals surface area contributed by atoms with Gasteiger partial charge in [0.2, 0.25) is 11.8 Å². The number of furan rings is 1. The molecule has 27 heavy (non-hydrogen) atoms. The Bertz CT molecular complexity index is 770. The first kappa shape index (κ1) is 17.7. The van der Waals surface area contributed by atoms with Gasteiger partial charge in [-0.05, 0) is 24.3 Å². The van der Waals surface area contributed by atoms with E-state index in [1.807, 2.05) is 35.2 Å². The normalized spacial score (nSPS) is 21.0. The van der Waals surface area contributed by atoms with Crippen molar-refractivity contribution in [2.45, 2.75) is 19.5 Å². The Kier molecular flexibility index (Phi) is 5.20. The van der Waals surface area contributed by atoms with Gasteiger partial charge >= 0.3 is 0 Å². The molecule has 0 spiro atoms. The van der Waals surface area contributed by atoms with E-state index in [0.29, 0.717) is 32.6 Å². The van der Waals surface area contributed by atoms with Crippen LogP contribution in [0.5, 0.6) is 0 Å². The van der Waals surface area contributed by atoms with Gasteiger partial charge in [-0.25, -0.2) is 0 Å². The van der Waals surface area contributed by atoms with Crippen LogP contribution in [0, 0.1) is 5.92 Å². The Morgan fingerprint density at radius 1 is 1.11 bits per heavy atom. The van der Waals surface area contributed by atoms with Crippen LogP contribution in [0.25, 0.3) is 0 Å². The molecule has 2 amide bonds. The molecule has 0 radical (unpaired) electrons. The van der Waals surface area contributed by atoms with E-state index in [0.717, 1.165) is 31.1 Å². The minimum atomic E-state index is -0.238. The average molecular weight is 368 g/mol. The molecule has 0 saturated carbocycles. The van der Waals surface area contributed by atoms with Gasteiger partial charge in [0.1, 0.15) is 5.76 Å². The summed E-state index contributed by atoms with van der Waals surface area (Å²) in [6, 6.07) is 9.53. The summed E-state index contributed by atoms with van der Waals surface area (Å²) in [5.74, 6) is 0.846. The van der Waals surface area contributed by atoms with E-state index in [2.05, 4.69) is 9.88 Å². The van der Waals surface area contributed by atoms with Crippen LogP contribution in [0.4, 0.5) is 0 Å². The molecule has 2 aromatic heterocycles. The maximum Gasteiger partial charge on any atom is 0.228 e. The van der Waals surface area contributed by atoms with Crippen molar-refractivity contribution >= 4 is 11.8 Å². The second-order valence-electron chi connectivity index (χ2n) is 7.18. The largest absolute Gasteiger partial charge is 0.468 e. The summed E-state index contributed by atoms with van der Waals surface area (Å²) in [7, 11) is 0. The fourth-order valence-electron chi connectivity index (χ4n) is 3.79. The SMILES string of the molecule is O=C1CC(C(=O)N2CCN(Cc3ccco3)CC2)CN1Cc1ccccn1. The average Bonchev–Trinajstić information content (AvgIpc) is 3.33. The second kappa shape index (κ2) is 7.92. The number of piperazine rings is 1. The van der Waals surface area contributed by atoms with Gasteiger partial charge in [-0.3, -0.25) is 19.5 Å². The third-order valence-electron chi connectivity index (χ3n) is 5.29. The fourth-order valence-corrected chi connectivity index (χ4v) is 3.79. The van der Waals surface area contributed by atoms with Crippen molar-refractivity contribution in [1.29, 1.82) is 0 Å². The molecule has 142 valence electrons. The molecule has 0 aliphatic carbocycles. The van der Waals surface area contributed by atoms with E-state index in [1.165, 1.54) is 0 Å². The van der Waals surface area contributed by atoms with Crippen LogP contribution in [0.15, 0.2) is 47.2 Å². The molecule has 2 aromatic rings. The van der Waals surface area contributed by atoms with Gasteiger partial charge < -0.3 is 14.2 Å². The number of carbonyl (C=O) groups is 2. The van der Waals surface area contributed by atoms with Crippen molar-refractivity contribution in [3.05, 3.63) is 54.2 Å². The predicted molar refractivity (Wildman–Crippen MR) is 98.3 cm³/mol. The van der Waals surface area contributed by atoms with Crippen LogP contribution in [0.1, 0.15) is 17.9 Å². The zero-order chi connectivity index (χ0) is 18.6. The fraction of sp³-hybridized carbons (Fsp3) is 0.450. The molecule has 2 fully saturated rings. The summed E-state index contributed by atoms with van der Waals surface area (Å²) in [4.78, 5) is 35.4. The lowest BCUT2D eigenvalue weighted by molar-refractivity contribution is -0.137. The van der Waals surface area contributed by atoms with E-state index in [-0.39, 0.29) is 17.7 Å². The smallest absolute Gasteiger partial charge is 0.228 e. The van der Waals surface area contributed by atoms with E-state index in [4.69, 9.17) is 4.42 Å². The van der Waals surface area contributed by atoms with Crippen molar-refractivity contribution < 1.29 is 14.0 Å². The summed E-state index contributed by atoms with van der Waals surface area (Å²) in [5.41, 5.74) is 0.852. The van der Waals surface area contributed by atoms with E-state index < -0.39 is 0 Å². The first-order valence-corrected chi connectivity index (χ1v) is 9.40. The van der Waals surface area contributed by atoms with Gasteiger partial charge in [-0.1, -0.05) is 6.07 Å². The Hall–Kier alpha value is -2.67. The van der Waals surface area contributed by atoms with Crippen molar-refractivity contribution in [3.63, 3.8) is 0 Å². The summed E-state index contributed by atoms with van der Waals surface area (Å²) < 4.78 is 5.39. The summed E-state index contributed by atoms with van der Waals surface area (Å²) in [6.07, 6.45) is 3.71. The zero-order valence-corrected chi connectivity index (χ0v) is 15.3. The van der Waals surface area contributed by atoms with Gasteiger partial charge in [0.15, 0.2) is 0 Å². The lowest BCUT2D eigenvalue weighted by Gasteiger charge is -2.35. The van der Waals surface area contributed by atoms with Crippen LogP contribution in [-0.2, 0) is 22.7 Å². The molecule has 7 heteroatoms. The molecule has 1 atom stereocenters.